The molecule has 1 saturated heterocycles. The Hall–Kier alpha value is -3.52. The van der Waals surface area contributed by atoms with Crippen molar-refractivity contribution >= 4 is 12.2 Å². The maximum Gasteiger partial charge on any atom is 0.260 e. The minimum atomic E-state index is -0.0569. The van der Waals surface area contributed by atoms with Crippen molar-refractivity contribution in [1.29, 1.82) is 0 Å². The Balaban J connectivity index is 1.23. The van der Waals surface area contributed by atoms with Crippen molar-refractivity contribution in [1.82, 2.24) is 19.9 Å². The molecule has 3 aromatic rings. The van der Waals surface area contributed by atoms with E-state index in [1.807, 2.05) is 31.2 Å². The van der Waals surface area contributed by atoms with Gasteiger partial charge in [-0.15, -0.1) is 0 Å². The van der Waals surface area contributed by atoms with E-state index in [0.717, 1.165) is 24.9 Å². The first-order chi connectivity index (χ1) is 15.1. The van der Waals surface area contributed by atoms with Crippen LogP contribution in [0.4, 0.5) is 0 Å². The van der Waals surface area contributed by atoms with Crippen LogP contribution < -0.4 is 4.74 Å². The van der Waals surface area contributed by atoms with E-state index >= 15 is 0 Å². The standard InChI is InChI=1S/C23H24N4O4/c1-17-2-6-19(7-3-17)23-24-21(31-25-23)14-26-10-12-27(13-11-26)22(29)16-30-20-8-4-18(15-28)5-9-20/h2-9,15H,10-14,16H2,1H3. The smallest absolute Gasteiger partial charge is 0.260 e. The number of aromatic nitrogens is 2. The largest absolute Gasteiger partial charge is 0.484 e. The van der Waals surface area contributed by atoms with Crippen LogP contribution in [-0.2, 0) is 11.3 Å². The number of hydrogen-bond acceptors (Lipinski definition) is 7. The molecule has 1 amide bonds. The van der Waals surface area contributed by atoms with E-state index in [1.54, 1.807) is 29.2 Å². The number of rotatable bonds is 7. The summed E-state index contributed by atoms with van der Waals surface area (Å²) in [5.41, 5.74) is 2.68. The molecule has 0 spiro atoms. The van der Waals surface area contributed by atoms with Crippen LogP contribution >= 0.6 is 0 Å². The molecule has 0 unspecified atom stereocenters. The van der Waals surface area contributed by atoms with Crippen molar-refractivity contribution in [3.63, 3.8) is 0 Å². The van der Waals surface area contributed by atoms with Crippen molar-refractivity contribution in [2.45, 2.75) is 13.5 Å². The number of piperazine rings is 1. The van der Waals surface area contributed by atoms with Gasteiger partial charge in [-0.3, -0.25) is 14.5 Å². The summed E-state index contributed by atoms with van der Waals surface area (Å²) >= 11 is 0. The Kier molecular flexibility index (Phi) is 6.37. The van der Waals surface area contributed by atoms with Crippen LogP contribution in [0.2, 0.25) is 0 Å². The van der Waals surface area contributed by atoms with Gasteiger partial charge in [0.1, 0.15) is 12.0 Å². The third-order valence-electron chi connectivity index (χ3n) is 5.24. The van der Waals surface area contributed by atoms with Crippen molar-refractivity contribution in [3.05, 3.63) is 65.5 Å². The Morgan fingerprint density at radius 2 is 1.77 bits per heavy atom. The van der Waals surface area contributed by atoms with Crippen LogP contribution in [0.1, 0.15) is 21.8 Å². The van der Waals surface area contributed by atoms with Crippen molar-refractivity contribution in [2.24, 2.45) is 0 Å². The van der Waals surface area contributed by atoms with Gasteiger partial charge in [-0.25, -0.2) is 0 Å². The molecule has 1 aliphatic rings. The second-order valence-electron chi connectivity index (χ2n) is 7.51. The molecule has 1 fully saturated rings. The maximum atomic E-state index is 12.4. The zero-order chi connectivity index (χ0) is 21.6. The first-order valence-electron chi connectivity index (χ1n) is 10.2. The average molecular weight is 420 g/mol. The molecule has 0 radical (unpaired) electrons. The van der Waals surface area contributed by atoms with Gasteiger partial charge in [0.25, 0.3) is 5.91 Å². The Morgan fingerprint density at radius 3 is 2.45 bits per heavy atom. The van der Waals surface area contributed by atoms with E-state index in [9.17, 15) is 9.59 Å². The molecule has 31 heavy (non-hydrogen) atoms. The van der Waals surface area contributed by atoms with Crippen LogP contribution in [0.25, 0.3) is 11.4 Å². The molecule has 0 bridgehead atoms. The van der Waals surface area contributed by atoms with Crippen molar-refractivity contribution in [3.8, 4) is 17.1 Å². The minimum Gasteiger partial charge on any atom is -0.484 e. The second kappa shape index (κ2) is 9.53. The van der Waals surface area contributed by atoms with E-state index in [2.05, 4.69) is 15.0 Å². The monoisotopic (exact) mass is 420 g/mol. The number of carbonyl (C=O) groups is 2. The molecule has 0 N–H and O–H groups in total. The van der Waals surface area contributed by atoms with Gasteiger partial charge in [0.05, 0.1) is 6.54 Å². The lowest BCUT2D eigenvalue weighted by molar-refractivity contribution is -0.135. The number of aldehydes is 1. The molecule has 8 heteroatoms. The molecular formula is C23H24N4O4. The summed E-state index contributed by atoms with van der Waals surface area (Å²) in [6, 6.07) is 14.7. The molecule has 1 aliphatic heterocycles. The summed E-state index contributed by atoms with van der Waals surface area (Å²) < 4.78 is 10.9. The Bertz CT molecular complexity index is 1020. The molecule has 2 aromatic carbocycles. The quantitative estimate of drug-likeness (QED) is 0.543. The molecule has 8 nitrogen and oxygen atoms in total. The first-order valence-corrected chi connectivity index (χ1v) is 10.2. The van der Waals surface area contributed by atoms with Crippen LogP contribution in [0.15, 0.2) is 53.1 Å². The summed E-state index contributed by atoms with van der Waals surface area (Å²) in [7, 11) is 0. The summed E-state index contributed by atoms with van der Waals surface area (Å²) in [4.78, 5) is 31.6. The number of benzene rings is 2. The fourth-order valence-corrected chi connectivity index (χ4v) is 3.36. The Morgan fingerprint density at radius 1 is 1.06 bits per heavy atom. The summed E-state index contributed by atoms with van der Waals surface area (Å²) in [5, 5.41) is 4.08. The van der Waals surface area contributed by atoms with Gasteiger partial charge in [0.15, 0.2) is 6.61 Å². The maximum absolute atomic E-state index is 12.4. The normalized spacial score (nSPS) is 14.4. The lowest BCUT2D eigenvalue weighted by Gasteiger charge is -2.33. The van der Waals surface area contributed by atoms with Gasteiger partial charge in [0, 0.05) is 37.3 Å². The van der Waals surface area contributed by atoms with E-state index < -0.39 is 0 Å². The van der Waals surface area contributed by atoms with Crippen LogP contribution in [0.3, 0.4) is 0 Å². The highest BCUT2D eigenvalue weighted by molar-refractivity contribution is 5.78. The highest BCUT2D eigenvalue weighted by Crippen LogP contribution is 2.17. The average Bonchev–Trinajstić information content (AvgIpc) is 3.27. The lowest BCUT2D eigenvalue weighted by atomic mass is 10.1. The zero-order valence-electron chi connectivity index (χ0n) is 17.4. The van der Waals surface area contributed by atoms with E-state index in [-0.39, 0.29) is 12.5 Å². The Labute approximate surface area is 180 Å². The molecule has 0 aliphatic carbocycles. The van der Waals surface area contributed by atoms with E-state index in [1.165, 1.54) is 5.56 Å². The van der Waals surface area contributed by atoms with E-state index in [4.69, 9.17) is 9.26 Å². The topological polar surface area (TPSA) is 88.8 Å². The number of carbonyl (C=O) groups excluding carboxylic acids is 2. The SMILES string of the molecule is Cc1ccc(-c2noc(CN3CCN(C(=O)COc4ccc(C=O)cc4)CC3)n2)cc1. The first kappa shape index (κ1) is 20.7. The van der Waals surface area contributed by atoms with E-state index in [0.29, 0.717) is 42.7 Å². The van der Waals surface area contributed by atoms with Crippen LogP contribution in [-0.4, -0.2) is 64.9 Å². The number of aryl methyl sites for hydroxylation is 1. The molecule has 0 saturated carbocycles. The van der Waals surface area contributed by atoms with Crippen LogP contribution in [0.5, 0.6) is 5.75 Å². The van der Waals surface area contributed by atoms with Crippen molar-refractivity contribution < 1.29 is 18.8 Å². The highest BCUT2D eigenvalue weighted by Gasteiger charge is 2.23. The van der Waals surface area contributed by atoms with Gasteiger partial charge >= 0.3 is 0 Å². The lowest BCUT2D eigenvalue weighted by Crippen LogP contribution is -2.49. The predicted octanol–water partition coefficient (Wildman–Crippen LogP) is 2.58. The number of ether oxygens (including phenoxy) is 1. The van der Waals surface area contributed by atoms with Crippen LogP contribution in [0, 0.1) is 6.92 Å². The second-order valence-corrected chi connectivity index (χ2v) is 7.51. The highest BCUT2D eigenvalue weighted by atomic mass is 16.5. The number of amides is 1. The minimum absolute atomic E-state index is 0.0238. The number of nitrogens with zero attached hydrogens (tertiary/aromatic N) is 4. The molecule has 2 heterocycles. The third-order valence-corrected chi connectivity index (χ3v) is 5.24. The zero-order valence-corrected chi connectivity index (χ0v) is 17.4. The van der Waals surface area contributed by atoms with Crippen molar-refractivity contribution in [2.75, 3.05) is 32.8 Å². The number of hydrogen-bond donors (Lipinski definition) is 0. The molecule has 0 atom stereocenters. The van der Waals surface area contributed by atoms with Gasteiger partial charge in [-0.2, -0.15) is 4.98 Å². The predicted molar refractivity (Wildman–Crippen MR) is 114 cm³/mol. The molecular weight excluding hydrogens is 396 g/mol. The molecule has 160 valence electrons. The van der Waals surface area contributed by atoms with Gasteiger partial charge < -0.3 is 14.2 Å². The summed E-state index contributed by atoms with van der Waals surface area (Å²) in [6.07, 6.45) is 0.770. The molecule has 4 rings (SSSR count). The van der Waals surface area contributed by atoms with Gasteiger partial charge in [0.2, 0.25) is 11.7 Å². The summed E-state index contributed by atoms with van der Waals surface area (Å²) in [5.74, 6) is 1.66. The fraction of sp³-hybridized carbons (Fsp3) is 0.304. The van der Waals surface area contributed by atoms with Gasteiger partial charge in [-0.05, 0) is 31.2 Å². The fourth-order valence-electron chi connectivity index (χ4n) is 3.36. The van der Waals surface area contributed by atoms with Gasteiger partial charge in [-0.1, -0.05) is 35.0 Å². The molecule has 1 aromatic heterocycles. The third kappa shape index (κ3) is 5.35. The summed E-state index contributed by atoms with van der Waals surface area (Å²) in [6.45, 7) is 5.25.